The van der Waals surface area contributed by atoms with Gasteiger partial charge in [-0.15, -0.1) is 0 Å². The van der Waals surface area contributed by atoms with Crippen LogP contribution in [0.4, 0.5) is 11.4 Å². The van der Waals surface area contributed by atoms with Crippen LogP contribution in [-0.4, -0.2) is 17.3 Å². The Morgan fingerprint density at radius 1 is 1.31 bits per heavy atom. The molecule has 0 heterocycles. The third-order valence-electron chi connectivity index (χ3n) is 3.34. The van der Waals surface area contributed by atoms with E-state index in [0.717, 1.165) is 29.8 Å². The van der Waals surface area contributed by atoms with Crippen LogP contribution in [0.5, 0.6) is 0 Å². The lowest BCUT2D eigenvalue weighted by Gasteiger charge is -2.32. The molecule has 1 aromatic rings. The molecule has 0 radical (unpaired) electrons. The highest BCUT2D eigenvalue weighted by atomic mass is 16.3. The molecule has 3 heteroatoms. The number of hydrogen-bond acceptors (Lipinski definition) is 3. The van der Waals surface area contributed by atoms with Gasteiger partial charge in [0, 0.05) is 11.4 Å². The Balaban J connectivity index is 2.89. The summed E-state index contributed by atoms with van der Waals surface area (Å²) in [5.74, 6) is 0. The first-order valence-electron chi connectivity index (χ1n) is 5.82. The quantitative estimate of drug-likeness (QED) is 0.671. The Bertz CT molecular complexity index is 338. The first-order chi connectivity index (χ1) is 7.56. The highest BCUT2D eigenvalue weighted by Gasteiger charge is 2.24. The summed E-state index contributed by atoms with van der Waals surface area (Å²) in [4.78, 5) is 0. The Kier molecular flexibility index (Phi) is 4.19. The van der Waals surface area contributed by atoms with Gasteiger partial charge in [-0.3, -0.25) is 0 Å². The van der Waals surface area contributed by atoms with E-state index in [4.69, 9.17) is 5.73 Å². The number of nitrogen functional groups attached to an aromatic ring is 1. The molecule has 16 heavy (non-hydrogen) atoms. The minimum atomic E-state index is -0.220. The van der Waals surface area contributed by atoms with Crippen LogP contribution < -0.4 is 11.1 Å². The molecule has 0 aliphatic carbocycles. The second kappa shape index (κ2) is 5.21. The smallest absolute Gasteiger partial charge is 0.0661 e. The van der Waals surface area contributed by atoms with Gasteiger partial charge in [0.05, 0.1) is 12.1 Å². The molecular formula is C13H22N2O. The SMILES string of the molecule is CCC(CC)(CO)Nc1ccc(N)c(C)c1. The van der Waals surface area contributed by atoms with Crippen molar-refractivity contribution >= 4 is 11.4 Å². The van der Waals surface area contributed by atoms with E-state index in [9.17, 15) is 5.11 Å². The van der Waals surface area contributed by atoms with E-state index in [1.807, 2.05) is 25.1 Å². The predicted octanol–water partition coefficient (Wildman–Crippen LogP) is 2.54. The van der Waals surface area contributed by atoms with Crippen LogP contribution in [0.3, 0.4) is 0 Å². The van der Waals surface area contributed by atoms with Crippen LogP contribution in [0, 0.1) is 6.92 Å². The normalized spacial score (nSPS) is 11.5. The molecule has 4 N–H and O–H groups in total. The molecule has 1 rings (SSSR count). The zero-order valence-corrected chi connectivity index (χ0v) is 10.4. The first-order valence-corrected chi connectivity index (χ1v) is 5.82. The molecule has 0 bridgehead atoms. The second-order valence-electron chi connectivity index (χ2n) is 4.34. The van der Waals surface area contributed by atoms with Crippen molar-refractivity contribution in [3.05, 3.63) is 23.8 Å². The molecule has 0 aliphatic heterocycles. The van der Waals surface area contributed by atoms with E-state index < -0.39 is 0 Å². The average Bonchev–Trinajstić information content (AvgIpc) is 2.31. The highest BCUT2D eigenvalue weighted by molar-refractivity contribution is 5.57. The van der Waals surface area contributed by atoms with Crippen molar-refractivity contribution in [3.8, 4) is 0 Å². The Morgan fingerprint density at radius 3 is 2.38 bits per heavy atom. The number of anilines is 2. The molecule has 0 amide bonds. The molecule has 1 aromatic carbocycles. The van der Waals surface area contributed by atoms with E-state index in [2.05, 4.69) is 19.2 Å². The fourth-order valence-corrected chi connectivity index (χ4v) is 1.75. The van der Waals surface area contributed by atoms with Crippen LogP contribution in [0.2, 0.25) is 0 Å². The summed E-state index contributed by atoms with van der Waals surface area (Å²) in [6, 6.07) is 5.87. The van der Waals surface area contributed by atoms with Crippen LogP contribution >= 0.6 is 0 Å². The summed E-state index contributed by atoms with van der Waals surface area (Å²) >= 11 is 0. The number of nitrogens with one attached hydrogen (secondary N) is 1. The lowest BCUT2D eigenvalue weighted by Crippen LogP contribution is -2.40. The molecule has 0 fully saturated rings. The molecule has 0 unspecified atom stereocenters. The number of benzene rings is 1. The van der Waals surface area contributed by atoms with E-state index in [1.165, 1.54) is 0 Å². The zero-order valence-electron chi connectivity index (χ0n) is 10.4. The molecule has 90 valence electrons. The van der Waals surface area contributed by atoms with Crippen molar-refractivity contribution in [3.63, 3.8) is 0 Å². The fourth-order valence-electron chi connectivity index (χ4n) is 1.75. The molecule has 0 spiro atoms. The van der Waals surface area contributed by atoms with Gasteiger partial charge in [0.25, 0.3) is 0 Å². The van der Waals surface area contributed by atoms with Gasteiger partial charge in [-0.1, -0.05) is 13.8 Å². The fraction of sp³-hybridized carbons (Fsp3) is 0.538. The molecular weight excluding hydrogens is 200 g/mol. The van der Waals surface area contributed by atoms with Crippen LogP contribution in [0.1, 0.15) is 32.3 Å². The summed E-state index contributed by atoms with van der Waals surface area (Å²) in [5, 5.41) is 12.9. The number of nitrogens with two attached hydrogens (primary N) is 1. The molecule has 3 nitrogen and oxygen atoms in total. The lowest BCUT2D eigenvalue weighted by molar-refractivity contribution is 0.202. The van der Waals surface area contributed by atoms with Gasteiger partial charge in [-0.2, -0.15) is 0 Å². The van der Waals surface area contributed by atoms with Gasteiger partial charge in [-0.05, 0) is 43.5 Å². The molecule has 0 atom stereocenters. The molecule has 0 aliphatic rings. The Hall–Kier alpha value is -1.22. The largest absolute Gasteiger partial charge is 0.399 e. The van der Waals surface area contributed by atoms with Crippen molar-refractivity contribution in [2.24, 2.45) is 0 Å². The van der Waals surface area contributed by atoms with Crippen molar-refractivity contribution in [2.45, 2.75) is 39.2 Å². The number of rotatable bonds is 5. The minimum Gasteiger partial charge on any atom is -0.399 e. The summed E-state index contributed by atoms with van der Waals surface area (Å²) in [6.45, 7) is 6.29. The van der Waals surface area contributed by atoms with E-state index in [0.29, 0.717) is 0 Å². The molecule has 0 aromatic heterocycles. The standard InChI is InChI=1S/C13H22N2O/c1-4-13(5-2,9-16)15-11-6-7-12(14)10(3)8-11/h6-8,15-16H,4-5,9,14H2,1-3H3. The number of aliphatic hydroxyl groups excluding tert-OH is 1. The first kappa shape index (κ1) is 12.8. The van der Waals surface area contributed by atoms with Gasteiger partial charge in [0.15, 0.2) is 0 Å². The van der Waals surface area contributed by atoms with Gasteiger partial charge >= 0.3 is 0 Å². The van der Waals surface area contributed by atoms with Crippen molar-refractivity contribution < 1.29 is 5.11 Å². The van der Waals surface area contributed by atoms with E-state index >= 15 is 0 Å². The van der Waals surface area contributed by atoms with Crippen molar-refractivity contribution in [1.82, 2.24) is 0 Å². The predicted molar refractivity (Wildman–Crippen MR) is 69.6 cm³/mol. The van der Waals surface area contributed by atoms with Crippen LogP contribution in [0.25, 0.3) is 0 Å². The Labute approximate surface area is 97.7 Å². The number of aliphatic hydroxyl groups is 1. The summed E-state index contributed by atoms with van der Waals surface area (Å²) < 4.78 is 0. The number of hydrogen-bond donors (Lipinski definition) is 3. The molecule has 0 saturated heterocycles. The van der Waals surface area contributed by atoms with Crippen molar-refractivity contribution in [1.29, 1.82) is 0 Å². The van der Waals surface area contributed by atoms with Gasteiger partial charge in [-0.25, -0.2) is 0 Å². The summed E-state index contributed by atoms with van der Waals surface area (Å²) in [5.41, 5.74) is 8.43. The summed E-state index contributed by atoms with van der Waals surface area (Å²) in [6.07, 6.45) is 1.78. The van der Waals surface area contributed by atoms with Gasteiger partial charge in [0.2, 0.25) is 0 Å². The van der Waals surface area contributed by atoms with E-state index in [-0.39, 0.29) is 12.1 Å². The maximum Gasteiger partial charge on any atom is 0.0661 e. The lowest BCUT2D eigenvalue weighted by atomic mass is 9.93. The highest BCUT2D eigenvalue weighted by Crippen LogP contribution is 2.24. The van der Waals surface area contributed by atoms with Gasteiger partial charge < -0.3 is 16.2 Å². The van der Waals surface area contributed by atoms with Crippen LogP contribution in [0.15, 0.2) is 18.2 Å². The van der Waals surface area contributed by atoms with Gasteiger partial charge in [0.1, 0.15) is 0 Å². The molecule has 0 saturated carbocycles. The van der Waals surface area contributed by atoms with E-state index in [1.54, 1.807) is 0 Å². The van der Waals surface area contributed by atoms with Crippen LogP contribution in [-0.2, 0) is 0 Å². The number of aryl methyl sites for hydroxylation is 1. The average molecular weight is 222 g/mol. The van der Waals surface area contributed by atoms with Crippen molar-refractivity contribution in [2.75, 3.05) is 17.7 Å². The topological polar surface area (TPSA) is 58.3 Å². The summed E-state index contributed by atoms with van der Waals surface area (Å²) in [7, 11) is 0. The monoisotopic (exact) mass is 222 g/mol. The third-order valence-corrected chi connectivity index (χ3v) is 3.34. The minimum absolute atomic E-state index is 0.142. The third kappa shape index (κ3) is 2.67. The maximum absolute atomic E-state index is 9.47. The maximum atomic E-state index is 9.47. The Morgan fingerprint density at radius 2 is 1.94 bits per heavy atom. The second-order valence-corrected chi connectivity index (χ2v) is 4.34. The zero-order chi connectivity index (χ0) is 12.2.